The van der Waals surface area contributed by atoms with Crippen molar-refractivity contribution in [2.45, 2.75) is 91.2 Å². The van der Waals surface area contributed by atoms with E-state index in [1.807, 2.05) is 18.2 Å². The second kappa shape index (κ2) is 6.29. The van der Waals surface area contributed by atoms with E-state index < -0.39 is 51.7 Å². The van der Waals surface area contributed by atoms with Crippen LogP contribution in [0.3, 0.4) is 0 Å². The van der Waals surface area contributed by atoms with Gasteiger partial charge in [0.15, 0.2) is 18.2 Å². The third kappa shape index (κ3) is 2.23. The van der Waals surface area contributed by atoms with Crippen LogP contribution >= 0.6 is 0 Å². The van der Waals surface area contributed by atoms with E-state index in [1.165, 1.54) is 0 Å². The summed E-state index contributed by atoms with van der Waals surface area (Å²) in [4.78, 5) is 0.335. The first-order valence-corrected chi connectivity index (χ1v) is 16.5. The van der Waals surface area contributed by atoms with Crippen LogP contribution in [0.25, 0.3) is 0 Å². The fourth-order valence-corrected chi connectivity index (χ4v) is 10.9. The first-order chi connectivity index (χ1) is 15.4. The van der Waals surface area contributed by atoms with E-state index in [-0.39, 0.29) is 5.04 Å². The highest BCUT2D eigenvalue weighted by molar-refractivity contribution is 7.93. The Balaban J connectivity index is 1.61. The molecule has 5 aliphatic rings. The Kier molecular flexibility index (Phi) is 4.24. The van der Waals surface area contributed by atoms with Crippen LogP contribution in [0.5, 0.6) is 0 Å². The Morgan fingerprint density at radius 3 is 2.06 bits per heavy atom. The molecular weight excluding hydrogens is 452 g/mol. The summed E-state index contributed by atoms with van der Waals surface area (Å²) in [6, 6.07) is 8.86. The molecule has 2 saturated heterocycles. The minimum atomic E-state index is -3.83. The zero-order valence-corrected chi connectivity index (χ0v) is 21.9. The largest absolute Gasteiger partial charge is 0.416 e. The molecule has 0 aromatic heterocycles. The molecule has 1 aromatic carbocycles. The van der Waals surface area contributed by atoms with E-state index >= 15 is 0 Å². The monoisotopic (exact) mass is 486 g/mol. The summed E-state index contributed by atoms with van der Waals surface area (Å²) in [7, 11) is -6.00. The normalized spacial score (nSPS) is 42.8. The van der Waals surface area contributed by atoms with Gasteiger partial charge in [-0.05, 0) is 49.5 Å². The van der Waals surface area contributed by atoms with Crippen LogP contribution in [0.4, 0.5) is 0 Å². The molecular formula is C26H34O5SSi. The van der Waals surface area contributed by atoms with Gasteiger partial charge in [0.1, 0.15) is 17.0 Å². The van der Waals surface area contributed by atoms with E-state index in [1.54, 1.807) is 24.3 Å². The van der Waals surface area contributed by atoms with Crippen molar-refractivity contribution in [3.8, 4) is 0 Å². The van der Waals surface area contributed by atoms with Gasteiger partial charge in [-0.25, -0.2) is 8.42 Å². The summed E-state index contributed by atoms with van der Waals surface area (Å²) in [6.07, 6.45) is 9.66. The van der Waals surface area contributed by atoms with E-state index in [4.69, 9.17) is 13.9 Å². The average molecular weight is 487 g/mol. The lowest BCUT2D eigenvalue weighted by Gasteiger charge is -2.59. The van der Waals surface area contributed by atoms with Crippen LogP contribution < -0.4 is 0 Å². The third-order valence-corrected chi connectivity index (χ3v) is 16.8. The van der Waals surface area contributed by atoms with E-state index in [2.05, 4.69) is 46.0 Å². The second-order valence-electron chi connectivity index (χ2n) is 12.0. The highest BCUT2D eigenvalue weighted by atomic mass is 32.2. The average Bonchev–Trinajstić information content (AvgIpc) is 3.48. The van der Waals surface area contributed by atoms with Gasteiger partial charge in [0.25, 0.3) is 0 Å². The molecule has 2 spiro atoms. The molecule has 0 N–H and O–H groups in total. The van der Waals surface area contributed by atoms with Gasteiger partial charge in [-0.3, -0.25) is 0 Å². The predicted octanol–water partition coefficient (Wildman–Crippen LogP) is 4.81. The Labute approximate surface area is 198 Å². The Bertz CT molecular complexity index is 1130. The summed E-state index contributed by atoms with van der Waals surface area (Å²) < 4.78 is 48.6. The van der Waals surface area contributed by atoms with Crippen molar-refractivity contribution in [1.82, 2.24) is 0 Å². The first-order valence-electron chi connectivity index (χ1n) is 12.1. The predicted molar refractivity (Wildman–Crippen MR) is 129 cm³/mol. The number of benzene rings is 1. The van der Waals surface area contributed by atoms with Crippen LogP contribution in [0.15, 0.2) is 59.5 Å². The van der Waals surface area contributed by atoms with Gasteiger partial charge in [-0.1, -0.05) is 63.3 Å². The number of fused-ring (bicyclic) bond motifs is 4. The fraction of sp³-hybridized carbons (Fsp3) is 0.615. The molecule has 1 aliphatic carbocycles. The Morgan fingerprint density at radius 1 is 1.00 bits per heavy atom. The van der Waals surface area contributed by atoms with Gasteiger partial charge in [0.05, 0.1) is 21.5 Å². The number of hydrogen-bond acceptors (Lipinski definition) is 5. The van der Waals surface area contributed by atoms with E-state index in [0.717, 1.165) is 19.3 Å². The summed E-state index contributed by atoms with van der Waals surface area (Å²) in [5.74, 6) is 0. The Hall–Kier alpha value is -1.25. The van der Waals surface area contributed by atoms with Crippen molar-refractivity contribution in [2.24, 2.45) is 5.41 Å². The van der Waals surface area contributed by atoms with Crippen LogP contribution in [-0.2, 0) is 23.7 Å². The minimum absolute atomic E-state index is 0.0116. The second-order valence-corrected chi connectivity index (χ2v) is 19.0. The van der Waals surface area contributed by atoms with Crippen molar-refractivity contribution in [3.05, 3.63) is 54.6 Å². The van der Waals surface area contributed by atoms with Crippen molar-refractivity contribution in [3.63, 3.8) is 0 Å². The number of sulfone groups is 1. The molecule has 0 radical (unpaired) electrons. The van der Waals surface area contributed by atoms with Gasteiger partial charge in [-0.2, -0.15) is 0 Å². The highest BCUT2D eigenvalue weighted by Gasteiger charge is 2.92. The molecule has 7 heteroatoms. The number of hydrogen-bond donors (Lipinski definition) is 0. The minimum Gasteiger partial charge on any atom is -0.416 e. The van der Waals surface area contributed by atoms with Crippen LogP contribution in [0.2, 0.25) is 18.1 Å². The molecule has 178 valence electrons. The smallest absolute Gasteiger partial charge is 0.192 e. The maximum absolute atomic E-state index is 14.7. The molecule has 4 heterocycles. The maximum atomic E-state index is 14.7. The lowest BCUT2D eigenvalue weighted by molar-refractivity contribution is -0.158. The quantitative estimate of drug-likeness (QED) is 0.442. The SMILES string of the molecule is CC(C)(C)[Si](C)(C)OCC12C3(S(=O)(=O)c4ccccc4)[C@@H]4C=C[C@@]1(CCC[C@]21C=C[C@H]3O1)O4. The Morgan fingerprint density at radius 2 is 1.55 bits per heavy atom. The topological polar surface area (TPSA) is 61.8 Å². The summed E-state index contributed by atoms with van der Waals surface area (Å²) in [5, 5.41) is 0.0116. The van der Waals surface area contributed by atoms with Crippen molar-refractivity contribution >= 4 is 18.2 Å². The van der Waals surface area contributed by atoms with Gasteiger partial charge in [0.2, 0.25) is 0 Å². The maximum Gasteiger partial charge on any atom is 0.192 e. The van der Waals surface area contributed by atoms with Gasteiger partial charge in [-0.15, -0.1) is 0 Å². The summed E-state index contributed by atoms with van der Waals surface area (Å²) in [5.41, 5.74) is -2.21. The van der Waals surface area contributed by atoms with Crippen LogP contribution in [-0.4, -0.2) is 51.5 Å². The molecule has 3 fully saturated rings. The van der Waals surface area contributed by atoms with Gasteiger partial charge < -0.3 is 13.9 Å². The summed E-state index contributed by atoms with van der Waals surface area (Å²) in [6.45, 7) is 11.5. The van der Waals surface area contributed by atoms with Crippen molar-refractivity contribution in [2.75, 3.05) is 6.61 Å². The molecule has 4 aliphatic heterocycles. The molecule has 4 bridgehead atoms. The molecule has 6 rings (SSSR count). The lowest BCUT2D eigenvalue weighted by Crippen LogP contribution is -2.73. The summed E-state index contributed by atoms with van der Waals surface area (Å²) >= 11 is 0. The molecule has 1 aromatic rings. The van der Waals surface area contributed by atoms with Gasteiger partial charge >= 0.3 is 0 Å². The first kappa shape index (κ1) is 22.2. The molecule has 0 amide bonds. The standard InChI is InChI=1S/C26H34O5SSi/c1-22(2,3)33(4,5)29-18-25-23-14-9-15-24(25)17-13-21(31-24)26(25,20(30-23)12-16-23)32(27,28)19-10-7-6-8-11-19/h6-8,10-13,16-17,20-21H,9,14-15,18H2,1-5H3/t20-,21+,23+,24-,25?,26?. The van der Waals surface area contributed by atoms with Gasteiger partial charge in [0, 0.05) is 6.61 Å². The third-order valence-electron chi connectivity index (χ3n) is 9.76. The van der Waals surface area contributed by atoms with Crippen molar-refractivity contribution < 1.29 is 22.3 Å². The fourth-order valence-electron chi connectivity index (χ4n) is 7.23. The highest BCUT2D eigenvalue weighted by Crippen LogP contribution is 2.78. The zero-order chi connectivity index (χ0) is 23.5. The molecule has 5 nitrogen and oxygen atoms in total. The van der Waals surface area contributed by atoms with Crippen LogP contribution in [0, 0.1) is 5.41 Å². The molecule has 2 unspecified atom stereocenters. The van der Waals surface area contributed by atoms with E-state index in [9.17, 15) is 8.42 Å². The van der Waals surface area contributed by atoms with Crippen molar-refractivity contribution in [1.29, 1.82) is 0 Å². The van der Waals surface area contributed by atoms with E-state index in [0.29, 0.717) is 11.5 Å². The number of rotatable bonds is 5. The number of ether oxygens (including phenoxy) is 2. The zero-order valence-electron chi connectivity index (χ0n) is 20.1. The molecule has 6 atom stereocenters. The molecule has 33 heavy (non-hydrogen) atoms. The lowest BCUT2D eigenvalue weighted by atomic mass is 9.48. The van der Waals surface area contributed by atoms with Crippen LogP contribution in [0.1, 0.15) is 40.0 Å². The molecule has 1 saturated carbocycles.